The first-order valence-corrected chi connectivity index (χ1v) is 11.3. The van der Waals surface area contributed by atoms with Crippen LogP contribution in [-0.4, -0.2) is 52.3 Å². The molecule has 162 valence electrons. The molecule has 0 unspecified atom stereocenters. The number of benzene rings is 1. The van der Waals surface area contributed by atoms with Crippen LogP contribution in [0.3, 0.4) is 0 Å². The SMILES string of the molecule is Clc1nccc(CC2CCC(Oc3cc(N4CCOCC4)cc4nccnc34)CC2)n1. The molecule has 1 saturated carbocycles. The number of nitrogens with zero attached hydrogens (tertiary/aromatic N) is 5. The van der Waals surface area contributed by atoms with Crippen LogP contribution in [0.15, 0.2) is 36.8 Å². The lowest BCUT2D eigenvalue weighted by Crippen LogP contribution is -2.36. The van der Waals surface area contributed by atoms with Crippen LogP contribution in [-0.2, 0) is 11.2 Å². The van der Waals surface area contributed by atoms with Crippen LogP contribution in [0.25, 0.3) is 11.0 Å². The van der Waals surface area contributed by atoms with Crippen LogP contribution >= 0.6 is 11.6 Å². The molecule has 1 aliphatic heterocycles. The molecule has 1 aromatic carbocycles. The molecular formula is C23H26ClN5O2. The van der Waals surface area contributed by atoms with Gasteiger partial charge in [0.1, 0.15) is 11.3 Å². The van der Waals surface area contributed by atoms with E-state index in [9.17, 15) is 0 Å². The smallest absolute Gasteiger partial charge is 0.222 e. The Hall–Kier alpha value is -2.51. The van der Waals surface area contributed by atoms with Crippen LogP contribution in [0.2, 0.25) is 5.28 Å². The number of anilines is 1. The maximum absolute atomic E-state index is 6.51. The lowest BCUT2D eigenvalue weighted by atomic mass is 9.84. The summed E-state index contributed by atoms with van der Waals surface area (Å²) in [7, 11) is 0. The third-order valence-corrected chi connectivity index (χ3v) is 6.35. The maximum atomic E-state index is 6.51. The van der Waals surface area contributed by atoms with E-state index in [4.69, 9.17) is 21.1 Å². The van der Waals surface area contributed by atoms with Gasteiger partial charge in [0, 0.05) is 49.1 Å². The fourth-order valence-corrected chi connectivity index (χ4v) is 4.70. The minimum atomic E-state index is 0.190. The molecule has 8 heteroatoms. The summed E-state index contributed by atoms with van der Waals surface area (Å²) in [6, 6.07) is 6.18. The highest BCUT2D eigenvalue weighted by atomic mass is 35.5. The van der Waals surface area contributed by atoms with E-state index in [1.807, 2.05) is 6.07 Å². The van der Waals surface area contributed by atoms with Crippen LogP contribution in [0.4, 0.5) is 5.69 Å². The summed E-state index contributed by atoms with van der Waals surface area (Å²) in [5.74, 6) is 1.43. The van der Waals surface area contributed by atoms with E-state index in [-0.39, 0.29) is 6.10 Å². The average Bonchev–Trinajstić information content (AvgIpc) is 2.81. The Morgan fingerprint density at radius 2 is 1.81 bits per heavy atom. The van der Waals surface area contributed by atoms with Crippen molar-refractivity contribution in [2.24, 2.45) is 5.92 Å². The highest BCUT2D eigenvalue weighted by Crippen LogP contribution is 2.34. The third-order valence-electron chi connectivity index (χ3n) is 6.17. The van der Waals surface area contributed by atoms with Gasteiger partial charge >= 0.3 is 0 Å². The Balaban J connectivity index is 1.28. The van der Waals surface area contributed by atoms with Crippen molar-refractivity contribution < 1.29 is 9.47 Å². The van der Waals surface area contributed by atoms with Gasteiger partial charge in [-0.3, -0.25) is 4.98 Å². The Kier molecular flexibility index (Phi) is 6.13. The average molecular weight is 440 g/mol. The van der Waals surface area contributed by atoms with Gasteiger partial charge in [0.15, 0.2) is 0 Å². The predicted molar refractivity (Wildman–Crippen MR) is 120 cm³/mol. The number of fused-ring (bicyclic) bond motifs is 1. The van der Waals surface area contributed by atoms with Gasteiger partial charge in [-0.25, -0.2) is 15.0 Å². The Bertz CT molecular complexity index is 1040. The van der Waals surface area contributed by atoms with E-state index in [2.05, 4.69) is 37.0 Å². The van der Waals surface area contributed by atoms with Gasteiger partial charge in [-0.1, -0.05) is 0 Å². The third kappa shape index (κ3) is 4.88. The number of hydrogen-bond donors (Lipinski definition) is 0. The van der Waals surface area contributed by atoms with Crippen molar-refractivity contribution in [3.8, 4) is 5.75 Å². The molecule has 0 amide bonds. The second-order valence-corrected chi connectivity index (χ2v) is 8.59. The van der Waals surface area contributed by atoms with Crippen molar-refractivity contribution in [3.63, 3.8) is 0 Å². The van der Waals surface area contributed by atoms with Gasteiger partial charge in [0.25, 0.3) is 0 Å². The van der Waals surface area contributed by atoms with Crippen molar-refractivity contribution in [2.45, 2.75) is 38.2 Å². The van der Waals surface area contributed by atoms with Gasteiger partial charge < -0.3 is 14.4 Å². The molecule has 0 atom stereocenters. The highest BCUT2D eigenvalue weighted by Gasteiger charge is 2.24. The highest BCUT2D eigenvalue weighted by molar-refractivity contribution is 6.28. The van der Waals surface area contributed by atoms with Gasteiger partial charge in [0.2, 0.25) is 5.28 Å². The summed E-state index contributed by atoms with van der Waals surface area (Å²) in [6.45, 7) is 3.25. The number of ether oxygens (including phenoxy) is 2. The van der Waals surface area contributed by atoms with E-state index in [0.717, 1.165) is 86.6 Å². The molecule has 1 saturated heterocycles. The van der Waals surface area contributed by atoms with Crippen LogP contribution in [0, 0.1) is 5.92 Å². The molecule has 0 N–H and O–H groups in total. The van der Waals surface area contributed by atoms with Crippen molar-refractivity contribution in [2.75, 3.05) is 31.2 Å². The van der Waals surface area contributed by atoms with Crippen molar-refractivity contribution in [1.29, 1.82) is 0 Å². The maximum Gasteiger partial charge on any atom is 0.222 e. The van der Waals surface area contributed by atoms with Crippen LogP contribution in [0.5, 0.6) is 5.75 Å². The second-order valence-electron chi connectivity index (χ2n) is 8.25. The topological polar surface area (TPSA) is 73.3 Å². The normalized spacial score (nSPS) is 21.9. The Morgan fingerprint density at radius 1 is 1.00 bits per heavy atom. The Morgan fingerprint density at radius 3 is 2.61 bits per heavy atom. The lowest BCUT2D eigenvalue weighted by molar-refractivity contribution is 0.122. The van der Waals surface area contributed by atoms with E-state index in [0.29, 0.717) is 11.2 Å². The molecule has 2 fully saturated rings. The lowest BCUT2D eigenvalue weighted by Gasteiger charge is -2.31. The molecule has 3 aromatic rings. The summed E-state index contributed by atoms with van der Waals surface area (Å²) in [5.41, 5.74) is 3.84. The van der Waals surface area contributed by atoms with Gasteiger partial charge in [-0.2, -0.15) is 0 Å². The van der Waals surface area contributed by atoms with Crippen LogP contribution < -0.4 is 9.64 Å². The number of aromatic nitrogens is 4. The standard InChI is InChI=1S/C23H26ClN5O2/c24-23-27-6-5-17(28-23)13-16-1-3-19(4-2-16)31-21-15-18(29-9-11-30-12-10-29)14-20-22(21)26-8-7-25-20/h5-8,14-16,19H,1-4,9-13H2. The summed E-state index contributed by atoms with van der Waals surface area (Å²) in [6.07, 6.45) is 10.6. The summed E-state index contributed by atoms with van der Waals surface area (Å²) in [5, 5.41) is 0.322. The first-order chi connectivity index (χ1) is 15.2. The summed E-state index contributed by atoms with van der Waals surface area (Å²) in [4.78, 5) is 19.7. The number of halogens is 1. The minimum absolute atomic E-state index is 0.190. The zero-order valence-electron chi connectivity index (χ0n) is 17.4. The first kappa shape index (κ1) is 20.4. The number of rotatable bonds is 5. The molecule has 1 aliphatic carbocycles. The van der Waals surface area contributed by atoms with E-state index in [1.165, 1.54) is 0 Å². The fourth-order valence-electron chi connectivity index (χ4n) is 4.53. The molecule has 5 rings (SSSR count). The van der Waals surface area contributed by atoms with Gasteiger partial charge in [-0.05, 0) is 61.8 Å². The van der Waals surface area contributed by atoms with Crippen molar-refractivity contribution in [1.82, 2.24) is 19.9 Å². The molecule has 2 aliphatic rings. The minimum Gasteiger partial charge on any atom is -0.488 e. The zero-order valence-corrected chi connectivity index (χ0v) is 18.2. The van der Waals surface area contributed by atoms with E-state index >= 15 is 0 Å². The fraction of sp³-hybridized carbons (Fsp3) is 0.478. The van der Waals surface area contributed by atoms with Crippen molar-refractivity contribution >= 4 is 28.3 Å². The zero-order chi connectivity index (χ0) is 21.0. The molecule has 31 heavy (non-hydrogen) atoms. The second kappa shape index (κ2) is 9.32. The number of morpholine rings is 1. The van der Waals surface area contributed by atoms with Crippen molar-refractivity contribution in [3.05, 3.63) is 47.8 Å². The summed E-state index contributed by atoms with van der Waals surface area (Å²) < 4.78 is 12.0. The first-order valence-electron chi connectivity index (χ1n) is 11.0. The molecule has 0 radical (unpaired) electrons. The van der Waals surface area contributed by atoms with Crippen LogP contribution in [0.1, 0.15) is 31.4 Å². The molecular weight excluding hydrogens is 414 g/mol. The van der Waals surface area contributed by atoms with Gasteiger partial charge in [-0.15, -0.1) is 0 Å². The molecule has 2 aromatic heterocycles. The Labute approximate surface area is 186 Å². The monoisotopic (exact) mass is 439 g/mol. The predicted octanol–water partition coefficient (Wildman–Crippen LogP) is 4.09. The largest absolute Gasteiger partial charge is 0.488 e. The quantitative estimate of drug-likeness (QED) is 0.554. The van der Waals surface area contributed by atoms with E-state index < -0.39 is 0 Å². The number of hydrogen-bond acceptors (Lipinski definition) is 7. The molecule has 0 spiro atoms. The van der Waals surface area contributed by atoms with Gasteiger partial charge in [0.05, 0.1) is 24.8 Å². The summed E-state index contributed by atoms with van der Waals surface area (Å²) >= 11 is 5.93. The molecule has 7 nitrogen and oxygen atoms in total. The molecule has 3 heterocycles. The molecule has 0 bridgehead atoms. The van der Waals surface area contributed by atoms with E-state index in [1.54, 1.807) is 18.6 Å².